The lowest BCUT2D eigenvalue weighted by molar-refractivity contribution is -0.137. The summed E-state index contributed by atoms with van der Waals surface area (Å²) in [6, 6.07) is 15.4. The molecule has 6 rings (SSSR count). The van der Waals surface area contributed by atoms with Crippen LogP contribution in [-0.2, 0) is 19.1 Å². The number of halogens is 3. The number of aryl methyl sites for hydroxylation is 1. The number of fused-ring (bicyclic) bond motifs is 2. The Bertz CT molecular complexity index is 1850. The molecule has 3 heterocycles. The number of rotatable bonds is 6. The summed E-state index contributed by atoms with van der Waals surface area (Å²) in [7, 11) is 0. The highest BCUT2D eigenvalue weighted by molar-refractivity contribution is 6.10. The number of carbonyl (C=O) groups excluding carboxylic acids is 1. The number of benzene rings is 3. The Morgan fingerprint density at radius 1 is 1.09 bits per heavy atom. The number of hydrogen-bond acceptors (Lipinski definition) is 6. The normalized spacial score (nSPS) is 16.0. The molecule has 1 aliphatic rings. The number of nitrogen functional groups attached to an aromatic ring is 1. The molecule has 0 aliphatic carbocycles. The molecule has 228 valence electrons. The van der Waals surface area contributed by atoms with Crippen molar-refractivity contribution in [2.24, 2.45) is 0 Å². The van der Waals surface area contributed by atoms with Gasteiger partial charge < -0.3 is 21.7 Å². The molecular formula is C32H33F3N8O. The van der Waals surface area contributed by atoms with Gasteiger partial charge in [-0.15, -0.1) is 0 Å². The molecule has 0 spiro atoms. The average Bonchev–Trinajstić information content (AvgIpc) is 3.39. The van der Waals surface area contributed by atoms with Gasteiger partial charge in [0.15, 0.2) is 0 Å². The fraction of sp³-hybridized carbons (Fsp3) is 0.281. The number of imidazole rings is 1. The second kappa shape index (κ2) is 11.8. The van der Waals surface area contributed by atoms with Gasteiger partial charge >= 0.3 is 12.2 Å². The standard InChI is InChI=1S/C32H33F3N8O/c1-3-27-41-28(29-30(36)38-16-22(43(27)29)18-42-14-13-37-19(2)17-42)25-11-12-26(24-10-5-4-9-23(24)25)40-31(44)39-21-8-6-7-20(15-21)32(33,34)35/h4-12,15-16,19,37H,3,13-14,17-18H2,1-2H3,(H2,36,38)(H2,39,40,44)/t19-/m1/s1. The van der Waals surface area contributed by atoms with Crippen LogP contribution in [0.15, 0.2) is 66.9 Å². The molecule has 0 bridgehead atoms. The van der Waals surface area contributed by atoms with Crippen LogP contribution in [-0.4, -0.2) is 51.0 Å². The molecule has 3 aromatic carbocycles. The second-order valence-electron chi connectivity index (χ2n) is 11.0. The molecule has 1 atom stereocenters. The summed E-state index contributed by atoms with van der Waals surface area (Å²) in [4.78, 5) is 24.9. The van der Waals surface area contributed by atoms with Crippen molar-refractivity contribution in [3.63, 3.8) is 0 Å². The number of nitrogens with one attached hydrogen (secondary N) is 3. The number of amides is 2. The first-order valence-corrected chi connectivity index (χ1v) is 14.5. The lowest BCUT2D eigenvalue weighted by Crippen LogP contribution is -2.48. The third-order valence-corrected chi connectivity index (χ3v) is 7.86. The van der Waals surface area contributed by atoms with Crippen LogP contribution in [0.5, 0.6) is 0 Å². The van der Waals surface area contributed by atoms with Crippen LogP contribution in [0, 0.1) is 0 Å². The molecular weight excluding hydrogens is 569 g/mol. The molecule has 1 aliphatic heterocycles. The van der Waals surface area contributed by atoms with E-state index < -0.39 is 17.8 Å². The Kier molecular flexibility index (Phi) is 7.87. The van der Waals surface area contributed by atoms with Crippen molar-refractivity contribution in [2.45, 2.75) is 39.0 Å². The molecule has 5 aromatic rings. The lowest BCUT2D eigenvalue weighted by atomic mass is 10.00. The van der Waals surface area contributed by atoms with E-state index in [9.17, 15) is 18.0 Å². The highest BCUT2D eigenvalue weighted by Gasteiger charge is 2.30. The summed E-state index contributed by atoms with van der Waals surface area (Å²) in [6.45, 7) is 7.72. The van der Waals surface area contributed by atoms with Gasteiger partial charge in [0.2, 0.25) is 0 Å². The molecule has 0 saturated carbocycles. The van der Waals surface area contributed by atoms with Crippen molar-refractivity contribution in [3.8, 4) is 11.3 Å². The van der Waals surface area contributed by atoms with E-state index in [-0.39, 0.29) is 5.69 Å². The number of piperazine rings is 1. The van der Waals surface area contributed by atoms with Gasteiger partial charge in [0, 0.05) is 55.3 Å². The van der Waals surface area contributed by atoms with E-state index in [1.165, 1.54) is 12.1 Å². The minimum atomic E-state index is -4.52. The van der Waals surface area contributed by atoms with E-state index in [0.717, 1.165) is 65.1 Å². The summed E-state index contributed by atoms with van der Waals surface area (Å²) < 4.78 is 41.5. The number of carbonyl (C=O) groups is 1. The van der Waals surface area contributed by atoms with Crippen LogP contribution in [0.2, 0.25) is 0 Å². The third-order valence-electron chi connectivity index (χ3n) is 7.86. The largest absolute Gasteiger partial charge is 0.416 e. The zero-order chi connectivity index (χ0) is 31.0. The van der Waals surface area contributed by atoms with Crippen molar-refractivity contribution < 1.29 is 18.0 Å². The summed E-state index contributed by atoms with van der Waals surface area (Å²) in [5.41, 5.74) is 9.44. The third kappa shape index (κ3) is 5.78. The van der Waals surface area contributed by atoms with Crippen molar-refractivity contribution in [2.75, 3.05) is 36.0 Å². The number of aromatic nitrogens is 3. The SMILES string of the molecule is CCc1nc(-c2ccc(NC(=O)Nc3cccc(C(F)(F)F)c3)c3ccccc23)c2c(N)ncc(CN3CCN[C@H](C)C3)n12. The molecule has 1 saturated heterocycles. The molecule has 0 unspecified atom stereocenters. The van der Waals surface area contributed by atoms with E-state index in [1.54, 1.807) is 6.07 Å². The fourth-order valence-electron chi connectivity index (χ4n) is 5.87. The Hall–Kier alpha value is -4.68. The van der Waals surface area contributed by atoms with Gasteiger partial charge in [0.1, 0.15) is 22.9 Å². The maximum atomic E-state index is 13.1. The van der Waals surface area contributed by atoms with E-state index in [4.69, 9.17) is 10.7 Å². The van der Waals surface area contributed by atoms with Crippen LogP contribution < -0.4 is 21.7 Å². The summed E-state index contributed by atoms with van der Waals surface area (Å²) in [5.74, 6) is 1.24. The number of urea groups is 1. The van der Waals surface area contributed by atoms with E-state index >= 15 is 0 Å². The van der Waals surface area contributed by atoms with Gasteiger partial charge in [-0.2, -0.15) is 13.2 Å². The first kappa shape index (κ1) is 29.4. The first-order chi connectivity index (χ1) is 21.1. The van der Waals surface area contributed by atoms with Gasteiger partial charge in [0.25, 0.3) is 0 Å². The summed E-state index contributed by atoms with van der Waals surface area (Å²) in [6.07, 6.45) is -2.00. The zero-order valence-corrected chi connectivity index (χ0v) is 24.4. The van der Waals surface area contributed by atoms with Gasteiger partial charge in [-0.1, -0.05) is 43.3 Å². The summed E-state index contributed by atoms with van der Waals surface area (Å²) in [5, 5.41) is 10.3. The number of nitrogens with zero attached hydrogens (tertiary/aromatic N) is 4. The Labute approximate surface area is 252 Å². The zero-order valence-electron chi connectivity index (χ0n) is 24.4. The molecule has 12 heteroatoms. The predicted octanol–water partition coefficient (Wildman–Crippen LogP) is 6.15. The van der Waals surface area contributed by atoms with E-state index in [1.807, 2.05) is 36.5 Å². The molecule has 2 amide bonds. The number of nitrogens with two attached hydrogens (primary N) is 1. The van der Waals surface area contributed by atoms with Gasteiger partial charge in [-0.05, 0) is 36.6 Å². The Balaban J connectivity index is 1.36. The Morgan fingerprint density at radius 3 is 2.64 bits per heavy atom. The molecule has 9 nitrogen and oxygen atoms in total. The van der Waals surface area contributed by atoms with Gasteiger partial charge in [-0.3, -0.25) is 9.30 Å². The van der Waals surface area contributed by atoms with Gasteiger partial charge in [-0.25, -0.2) is 14.8 Å². The van der Waals surface area contributed by atoms with Crippen LogP contribution in [0.1, 0.15) is 30.9 Å². The number of anilines is 3. The van der Waals surface area contributed by atoms with Crippen LogP contribution >= 0.6 is 0 Å². The quantitative estimate of drug-likeness (QED) is 0.186. The smallest absolute Gasteiger partial charge is 0.382 e. The molecule has 1 fully saturated rings. The monoisotopic (exact) mass is 602 g/mol. The van der Waals surface area contributed by atoms with Crippen molar-refractivity contribution >= 4 is 39.5 Å². The highest BCUT2D eigenvalue weighted by atomic mass is 19.4. The van der Waals surface area contributed by atoms with Crippen molar-refractivity contribution in [1.82, 2.24) is 24.6 Å². The number of hydrogen-bond donors (Lipinski definition) is 4. The predicted molar refractivity (Wildman–Crippen MR) is 167 cm³/mol. The number of alkyl halides is 3. The molecule has 2 aromatic heterocycles. The van der Waals surface area contributed by atoms with Crippen LogP contribution in [0.3, 0.4) is 0 Å². The van der Waals surface area contributed by atoms with Gasteiger partial charge in [0.05, 0.1) is 23.1 Å². The molecule has 5 N–H and O–H groups in total. The van der Waals surface area contributed by atoms with E-state index in [2.05, 4.69) is 44.1 Å². The Morgan fingerprint density at radius 2 is 1.89 bits per heavy atom. The second-order valence-corrected chi connectivity index (χ2v) is 11.0. The lowest BCUT2D eigenvalue weighted by Gasteiger charge is -2.32. The maximum absolute atomic E-state index is 13.1. The average molecular weight is 603 g/mol. The minimum Gasteiger partial charge on any atom is -0.382 e. The van der Waals surface area contributed by atoms with Crippen molar-refractivity contribution in [1.29, 1.82) is 0 Å². The maximum Gasteiger partial charge on any atom is 0.416 e. The highest BCUT2D eigenvalue weighted by Crippen LogP contribution is 2.37. The van der Waals surface area contributed by atoms with E-state index in [0.29, 0.717) is 36.2 Å². The van der Waals surface area contributed by atoms with Crippen LogP contribution in [0.4, 0.5) is 35.2 Å². The molecule has 0 radical (unpaired) electrons. The fourth-order valence-corrected chi connectivity index (χ4v) is 5.87. The molecule has 44 heavy (non-hydrogen) atoms. The topological polar surface area (TPSA) is 113 Å². The minimum absolute atomic E-state index is 0.0314. The summed E-state index contributed by atoms with van der Waals surface area (Å²) >= 11 is 0. The first-order valence-electron chi connectivity index (χ1n) is 14.5. The van der Waals surface area contributed by atoms with Crippen LogP contribution in [0.25, 0.3) is 27.5 Å². The van der Waals surface area contributed by atoms with Crippen molar-refractivity contribution in [3.05, 3.63) is 83.9 Å².